The number of nitrogens with zero attached hydrogens (tertiary/aromatic N) is 1. The number of aryl methyl sites for hydroxylation is 1. The summed E-state index contributed by atoms with van der Waals surface area (Å²) in [5.74, 6) is -0.329. The second-order valence-electron chi connectivity index (χ2n) is 6.06. The van der Waals surface area contributed by atoms with E-state index in [1.54, 1.807) is 0 Å². The topological polar surface area (TPSA) is 58.4 Å². The zero-order chi connectivity index (χ0) is 14.1. The SMILES string of the molecule is Cc1ccc(C(N)=O)c(N(CC2CCCN2)C2CC2)c1. The van der Waals surface area contributed by atoms with Crippen LogP contribution in [0.2, 0.25) is 0 Å². The molecule has 1 amide bonds. The molecule has 0 aromatic heterocycles. The first kappa shape index (κ1) is 13.4. The quantitative estimate of drug-likeness (QED) is 0.860. The fraction of sp³-hybridized carbons (Fsp3) is 0.562. The minimum absolute atomic E-state index is 0.329. The van der Waals surface area contributed by atoms with E-state index in [-0.39, 0.29) is 5.91 Å². The zero-order valence-electron chi connectivity index (χ0n) is 12.1. The van der Waals surface area contributed by atoms with Gasteiger partial charge in [-0.15, -0.1) is 0 Å². The largest absolute Gasteiger partial charge is 0.366 e. The van der Waals surface area contributed by atoms with E-state index < -0.39 is 0 Å². The minimum atomic E-state index is -0.329. The van der Waals surface area contributed by atoms with Gasteiger partial charge in [0.05, 0.1) is 11.3 Å². The number of anilines is 1. The van der Waals surface area contributed by atoms with Crippen molar-refractivity contribution < 1.29 is 4.79 Å². The monoisotopic (exact) mass is 273 g/mol. The number of nitrogens with two attached hydrogens (primary N) is 1. The first-order valence-corrected chi connectivity index (χ1v) is 7.55. The molecule has 1 saturated carbocycles. The van der Waals surface area contributed by atoms with Crippen molar-refractivity contribution >= 4 is 11.6 Å². The Bertz CT molecular complexity index is 504. The predicted octanol–water partition coefficient (Wildman–Crippen LogP) is 1.81. The lowest BCUT2D eigenvalue weighted by Crippen LogP contribution is -2.40. The Hall–Kier alpha value is -1.55. The maximum Gasteiger partial charge on any atom is 0.250 e. The van der Waals surface area contributed by atoms with Crippen LogP contribution in [0.3, 0.4) is 0 Å². The third-order valence-corrected chi connectivity index (χ3v) is 4.30. The summed E-state index contributed by atoms with van der Waals surface area (Å²) in [4.78, 5) is 14.1. The van der Waals surface area contributed by atoms with Crippen molar-refractivity contribution in [3.63, 3.8) is 0 Å². The summed E-state index contributed by atoms with van der Waals surface area (Å²) >= 11 is 0. The predicted molar refractivity (Wildman–Crippen MR) is 81.1 cm³/mol. The van der Waals surface area contributed by atoms with E-state index in [9.17, 15) is 4.79 Å². The normalized spacial score (nSPS) is 21.9. The second-order valence-corrected chi connectivity index (χ2v) is 6.06. The average Bonchev–Trinajstić information content (AvgIpc) is 3.12. The first-order valence-electron chi connectivity index (χ1n) is 7.55. The van der Waals surface area contributed by atoms with Crippen LogP contribution in [0.5, 0.6) is 0 Å². The van der Waals surface area contributed by atoms with Crippen LogP contribution in [0.4, 0.5) is 5.69 Å². The molecule has 2 aliphatic rings. The van der Waals surface area contributed by atoms with Gasteiger partial charge in [0.15, 0.2) is 0 Å². The molecule has 20 heavy (non-hydrogen) atoms. The van der Waals surface area contributed by atoms with E-state index in [1.807, 2.05) is 12.1 Å². The van der Waals surface area contributed by atoms with Gasteiger partial charge in [0.25, 0.3) is 5.91 Å². The van der Waals surface area contributed by atoms with E-state index in [4.69, 9.17) is 5.73 Å². The van der Waals surface area contributed by atoms with Gasteiger partial charge in [-0.2, -0.15) is 0 Å². The molecule has 1 aliphatic heterocycles. The first-order chi connectivity index (χ1) is 9.65. The summed E-state index contributed by atoms with van der Waals surface area (Å²) in [6.45, 7) is 4.15. The molecule has 0 bridgehead atoms. The van der Waals surface area contributed by atoms with E-state index in [1.165, 1.54) is 31.2 Å². The number of amides is 1. The van der Waals surface area contributed by atoms with Crippen LogP contribution < -0.4 is 16.0 Å². The number of hydrogen-bond donors (Lipinski definition) is 2. The number of carbonyl (C=O) groups excluding carboxylic acids is 1. The van der Waals surface area contributed by atoms with E-state index in [2.05, 4.69) is 23.2 Å². The molecule has 3 N–H and O–H groups in total. The van der Waals surface area contributed by atoms with Crippen LogP contribution in [0.25, 0.3) is 0 Å². The van der Waals surface area contributed by atoms with Gasteiger partial charge in [0.1, 0.15) is 0 Å². The molecule has 1 aliphatic carbocycles. The lowest BCUT2D eigenvalue weighted by atomic mass is 10.1. The maximum atomic E-state index is 11.7. The Morgan fingerprint density at radius 1 is 1.40 bits per heavy atom. The number of benzene rings is 1. The molecule has 108 valence electrons. The third-order valence-electron chi connectivity index (χ3n) is 4.30. The smallest absolute Gasteiger partial charge is 0.250 e. The summed E-state index contributed by atoms with van der Waals surface area (Å²) in [7, 11) is 0. The summed E-state index contributed by atoms with van der Waals surface area (Å²) in [6, 6.07) is 7.05. The standard InChI is InChI=1S/C16H23N3O/c1-11-4-7-14(16(17)20)15(9-11)19(13-5-6-13)10-12-3-2-8-18-12/h4,7,9,12-13,18H,2-3,5-6,8,10H2,1H3,(H2,17,20). The van der Waals surface area contributed by atoms with Gasteiger partial charge >= 0.3 is 0 Å². The maximum absolute atomic E-state index is 11.7. The lowest BCUT2D eigenvalue weighted by molar-refractivity contribution is 0.100. The third kappa shape index (κ3) is 2.80. The Morgan fingerprint density at radius 3 is 2.80 bits per heavy atom. The van der Waals surface area contributed by atoms with Gasteiger partial charge in [0.2, 0.25) is 0 Å². The van der Waals surface area contributed by atoms with Gasteiger partial charge < -0.3 is 16.0 Å². The molecule has 4 heteroatoms. The summed E-state index contributed by atoms with van der Waals surface area (Å²) in [5.41, 5.74) is 8.40. The molecule has 1 aromatic carbocycles. The molecule has 0 spiro atoms. The van der Waals surface area contributed by atoms with E-state index >= 15 is 0 Å². The molecule has 1 atom stereocenters. The number of nitrogens with one attached hydrogen (secondary N) is 1. The van der Waals surface area contributed by atoms with Crippen molar-refractivity contribution in [2.45, 2.75) is 44.7 Å². The summed E-state index contributed by atoms with van der Waals surface area (Å²) in [5, 5.41) is 3.54. The number of rotatable bonds is 5. The minimum Gasteiger partial charge on any atom is -0.366 e. The fourth-order valence-corrected chi connectivity index (χ4v) is 3.07. The van der Waals surface area contributed by atoms with Crippen LogP contribution in [-0.2, 0) is 0 Å². The number of hydrogen-bond acceptors (Lipinski definition) is 3. The van der Waals surface area contributed by atoms with Crippen LogP contribution in [-0.4, -0.2) is 31.1 Å². The zero-order valence-corrected chi connectivity index (χ0v) is 12.1. The van der Waals surface area contributed by atoms with Crippen molar-refractivity contribution in [2.24, 2.45) is 5.73 Å². The molecule has 1 saturated heterocycles. The molecule has 2 fully saturated rings. The fourth-order valence-electron chi connectivity index (χ4n) is 3.07. The summed E-state index contributed by atoms with van der Waals surface area (Å²) in [6.07, 6.45) is 4.92. The van der Waals surface area contributed by atoms with Gasteiger partial charge in [-0.05, 0) is 56.8 Å². The van der Waals surface area contributed by atoms with Gasteiger partial charge in [-0.3, -0.25) is 4.79 Å². The number of primary amides is 1. The molecule has 0 radical (unpaired) electrons. The molecule has 3 rings (SSSR count). The van der Waals surface area contributed by atoms with Crippen LogP contribution >= 0.6 is 0 Å². The van der Waals surface area contributed by atoms with Crippen molar-refractivity contribution in [3.8, 4) is 0 Å². The van der Waals surface area contributed by atoms with Crippen LogP contribution in [0, 0.1) is 6.92 Å². The molecule has 1 unspecified atom stereocenters. The van der Waals surface area contributed by atoms with Crippen molar-refractivity contribution in [3.05, 3.63) is 29.3 Å². The van der Waals surface area contributed by atoms with Crippen molar-refractivity contribution in [1.29, 1.82) is 0 Å². The molecule has 1 aromatic rings. The Labute approximate surface area is 120 Å². The highest BCUT2D eigenvalue weighted by Crippen LogP contribution is 2.34. The highest BCUT2D eigenvalue weighted by molar-refractivity contribution is 5.99. The van der Waals surface area contributed by atoms with Gasteiger partial charge in [-0.1, -0.05) is 6.07 Å². The molecular weight excluding hydrogens is 250 g/mol. The van der Waals surface area contributed by atoms with Crippen molar-refractivity contribution in [2.75, 3.05) is 18.0 Å². The summed E-state index contributed by atoms with van der Waals surface area (Å²) < 4.78 is 0. The van der Waals surface area contributed by atoms with Crippen LogP contribution in [0.1, 0.15) is 41.6 Å². The second kappa shape index (κ2) is 5.44. The molecule has 1 heterocycles. The average molecular weight is 273 g/mol. The van der Waals surface area contributed by atoms with E-state index in [0.29, 0.717) is 17.6 Å². The Morgan fingerprint density at radius 2 is 2.20 bits per heavy atom. The van der Waals surface area contributed by atoms with E-state index in [0.717, 1.165) is 18.8 Å². The highest BCUT2D eigenvalue weighted by Gasteiger charge is 2.33. The molecular formula is C16H23N3O. The van der Waals surface area contributed by atoms with Crippen molar-refractivity contribution in [1.82, 2.24) is 5.32 Å². The Kier molecular flexibility index (Phi) is 3.66. The Balaban J connectivity index is 1.89. The lowest BCUT2D eigenvalue weighted by Gasteiger charge is -2.29. The number of carbonyl (C=O) groups is 1. The van der Waals surface area contributed by atoms with Gasteiger partial charge in [0, 0.05) is 18.6 Å². The van der Waals surface area contributed by atoms with Gasteiger partial charge in [-0.25, -0.2) is 0 Å². The van der Waals surface area contributed by atoms with Crippen LogP contribution in [0.15, 0.2) is 18.2 Å². The highest BCUT2D eigenvalue weighted by atomic mass is 16.1. The molecule has 4 nitrogen and oxygen atoms in total.